The van der Waals surface area contributed by atoms with Crippen LogP contribution in [-0.2, 0) is 0 Å². The van der Waals surface area contributed by atoms with E-state index in [1.165, 1.54) is 10.9 Å². The molecule has 1 atom stereocenters. The molecule has 1 aliphatic heterocycles. The van der Waals surface area contributed by atoms with Gasteiger partial charge in [-0.1, -0.05) is 24.3 Å². The molecule has 6 heteroatoms. The summed E-state index contributed by atoms with van der Waals surface area (Å²) >= 11 is 0. The van der Waals surface area contributed by atoms with Crippen LogP contribution in [0.5, 0.6) is 0 Å². The van der Waals surface area contributed by atoms with E-state index in [2.05, 4.69) is 61.3 Å². The molecule has 4 rings (SSSR count). The number of hydrogen-bond acceptors (Lipinski definition) is 6. The van der Waals surface area contributed by atoms with E-state index in [1.807, 2.05) is 31.7 Å². The van der Waals surface area contributed by atoms with Crippen molar-refractivity contribution in [1.29, 1.82) is 0 Å². The van der Waals surface area contributed by atoms with Crippen LogP contribution in [0.25, 0.3) is 10.9 Å². The van der Waals surface area contributed by atoms with Crippen LogP contribution in [0.15, 0.2) is 48.9 Å². The summed E-state index contributed by atoms with van der Waals surface area (Å²) < 4.78 is 0. The first-order valence-corrected chi connectivity index (χ1v) is 9.08. The van der Waals surface area contributed by atoms with Gasteiger partial charge in [-0.2, -0.15) is 0 Å². The molecule has 0 radical (unpaired) electrons. The number of rotatable bonds is 4. The van der Waals surface area contributed by atoms with Gasteiger partial charge in [0.1, 0.15) is 0 Å². The van der Waals surface area contributed by atoms with Crippen LogP contribution in [0.3, 0.4) is 0 Å². The van der Waals surface area contributed by atoms with E-state index >= 15 is 0 Å². The zero-order chi connectivity index (χ0) is 17.9. The third-order valence-corrected chi connectivity index (χ3v) is 5.19. The fourth-order valence-electron chi connectivity index (χ4n) is 3.58. The SMILES string of the molecule is CNc1cnc(N2CCN(C(C)c3cccc4cccnc34)CC2)nc1. The molecule has 0 saturated carbocycles. The first-order valence-electron chi connectivity index (χ1n) is 9.08. The molecule has 134 valence electrons. The van der Waals surface area contributed by atoms with Gasteiger partial charge >= 0.3 is 0 Å². The van der Waals surface area contributed by atoms with Crippen molar-refractivity contribution in [1.82, 2.24) is 19.9 Å². The Kier molecular flexibility index (Phi) is 4.67. The quantitative estimate of drug-likeness (QED) is 0.782. The number of aromatic nitrogens is 3. The number of para-hydroxylation sites is 1. The lowest BCUT2D eigenvalue weighted by Gasteiger charge is -2.38. The summed E-state index contributed by atoms with van der Waals surface area (Å²) in [6.45, 7) is 6.11. The van der Waals surface area contributed by atoms with Gasteiger partial charge in [0.25, 0.3) is 0 Å². The number of fused-ring (bicyclic) bond motifs is 1. The molecule has 1 fully saturated rings. The average molecular weight is 348 g/mol. The van der Waals surface area contributed by atoms with Crippen molar-refractivity contribution in [2.75, 3.05) is 43.4 Å². The van der Waals surface area contributed by atoms with E-state index < -0.39 is 0 Å². The lowest BCUT2D eigenvalue weighted by molar-refractivity contribution is 0.198. The Balaban J connectivity index is 1.47. The molecule has 0 spiro atoms. The number of nitrogens with one attached hydrogen (secondary N) is 1. The third-order valence-electron chi connectivity index (χ3n) is 5.19. The van der Waals surface area contributed by atoms with Gasteiger partial charge in [0.2, 0.25) is 5.95 Å². The minimum Gasteiger partial charge on any atom is -0.386 e. The van der Waals surface area contributed by atoms with Crippen LogP contribution in [0.1, 0.15) is 18.5 Å². The predicted octanol–water partition coefficient (Wildman–Crippen LogP) is 2.95. The molecule has 1 N–H and O–H groups in total. The van der Waals surface area contributed by atoms with Crippen LogP contribution < -0.4 is 10.2 Å². The summed E-state index contributed by atoms with van der Waals surface area (Å²) in [5.74, 6) is 0.808. The maximum atomic E-state index is 4.61. The average Bonchev–Trinajstić information content (AvgIpc) is 2.73. The second-order valence-corrected chi connectivity index (χ2v) is 6.64. The molecule has 1 unspecified atom stereocenters. The van der Waals surface area contributed by atoms with E-state index in [0.29, 0.717) is 6.04 Å². The van der Waals surface area contributed by atoms with Crippen molar-refractivity contribution in [3.63, 3.8) is 0 Å². The van der Waals surface area contributed by atoms with E-state index in [-0.39, 0.29) is 0 Å². The standard InChI is InChI=1S/C20H24N6/c1-15(18-7-3-5-16-6-4-8-22-19(16)18)25-9-11-26(12-10-25)20-23-13-17(21-2)14-24-20/h3-8,13-15,21H,9-12H2,1-2H3. The monoisotopic (exact) mass is 348 g/mol. The molecule has 0 aliphatic carbocycles. The second-order valence-electron chi connectivity index (χ2n) is 6.64. The molecule has 0 amide bonds. The Bertz CT molecular complexity index is 866. The van der Waals surface area contributed by atoms with Crippen molar-refractivity contribution in [2.45, 2.75) is 13.0 Å². The fourth-order valence-corrected chi connectivity index (χ4v) is 3.58. The molecule has 3 aromatic rings. The minimum atomic E-state index is 0.336. The number of anilines is 2. The van der Waals surface area contributed by atoms with Crippen LogP contribution in [0.4, 0.5) is 11.6 Å². The number of benzene rings is 1. The second kappa shape index (κ2) is 7.25. The van der Waals surface area contributed by atoms with E-state index in [9.17, 15) is 0 Å². The minimum absolute atomic E-state index is 0.336. The summed E-state index contributed by atoms with van der Waals surface area (Å²) in [5.41, 5.74) is 3.34. The Morgan fingerprint density at radius 2 is 1.69 bits per heavy atom. The van der Waals surface area contributed by atoms with E-state index in [0.717, 1.165) is 43.3 Å². The van der Waals surface area contributed by atoms with E-state index in [4.69, 9.17) is 0 Å². The van der Waals surface area contributed by atoms with Crippen LogP contribution in [0.2, 0.25) is 0 Å². The van der Waals surface area contributed by atoms with Gasteiger partial charge in [-0.25, -0.2) is 9.97 Å². The fraction of sp³-hybridized carbons (Fsp3) is 0.350. The highest BCUT2D eigenvalue weighted by atomic mass is 15.3. The smallest absolute Gasteiger partial charge is 0.225 e. The van der Waals surface area contributed by atoms with Crippen LogP contribution >= 0.6 is 0 Å². The van der Waals surface area contributed by atoms with Gasteiger partial charge in [0, 0.05) is 50.9 Å². The first kappa shape index (κ1) is 16.7. The summed E-state index contributed by atoms with van der Waals surface area (Å²) in [7, 11) is 1.88. The maximum Gasteiger partial charge on any atom is 0.225 e. The summed E-state index contributed by atoms with van der Waals surface area (Å²) in [5, 5.41) is 4.26. The molecule has 1 aromatic carbocycles. The predicted molar refractivity (Wildman–Crippen MR) is 106 cm³/mol. The molecular weight excluding hydrogens is 324 g/mol. The Hall–Kier alpha value is -2.73. The molecule has 1 saturated heterocycles. The number of hydrogen-bond donors (Lipinski definition) is 1. The molecular formula is C20H24N6. The van der Waals surface area contributed by atoms with Crippen molar-refractivity contribution in [2.24, 2.45) is 0 Å². The Morgan fingerprint density at radius 3 is 2.42 bits per heavy atom. The number of nitrogens with zero attached hydrogens (tertiary/aromatic N) is 5. The van der Waals surface area contributed by atoms with Gasteiger partial charge in [0.15, 0.2) is 0 Å². The maximum absolute atomic E-state index is 4.61. The van der Waals surface area contributed by atoms with Gasteiger partial charge in [-0.15, -0.1) is 0 Å². The number of pyridine rings is 1. The number of piperazine rings is 1. The normalized spacial score (nSPS) is 16.6. The zero-order valence-electron chi connectivity index (χ0n) is 15.3. The van der Waals surface area contributed by atoms with Crippen LogP contribution in [-0.4, -0.2) is 53.1 Å². The molecule has 0 bridgehead atoms. The summed E-state index contributed by atoms with van der Waals surface area (Å²) in [4.78, 5) is 18.3. The molecule has 26 heavy (non-hydrogen) atoms. The topological polar surface area (TPSA) is 57.2 Å². The largest absolute Gasteiger partial charge is 0.386 e. The van der Waals surface area contributed by atoms with E-state index in [1.54, 1.807) is 0 Å². The lowest BCUT2D eigenvalue weighted by Crippen LogP contribution is -2.47. The van der Waals surface area contributed by atoms with Gasteiger partial charge < -0.3 is 10.2 Å². The van der Waals surface area contributed by atoms with Gasteiger partial charge in [0.05, 0.1) is 23.6 Å². The Labute approximate surface area is 153 Å². The van der Waals surface area contributed by atoms with Gasteiger partial charge in [-0.05, 0) is 18.6 Å². The Morgan fingerprint density at radius 1 is 0.962 bits per heavy atom. The van der Waals surface area contributed by atoms with Crippen molar-refractivity contribution < 1.29 is 0 Å². The van der Waals surface area contributed by atoms with Crippen LogP contribution in [0, 0.1) is 0 Å². The zero-order valence-corrected chi connectivity index (χ0v) is 15.3. The van der Waals surface area contributed by atoms with Crippen molar-refractivity contribution in [3.05, 3.63) is 54.5 Å². The lowest BCUT2D eigenvalue weighted by atomic mass is 10.0. The van der Waals surface area contributed by atoms with Crippen molar-refractivity contribution >= 4 is 22.5 Å². The van der Waals surface area contributed by atoms with Crippen molar-refractivity contribution in [3.8, 4) is 0 Å². The summed E-state index contributed by atoms with van der Waals surface area (Å²) in [6, 6.07) is 10.9. The third kappa shape index (κ3) is 3.20. The first-order chi connectivity index (χ1) is 12.8. The highest BCUT2D eigenvalue weighted by molar-refractivity contribution is 5.81. The molecule has 1 aliphatic rings. The highest BCUT2D eigenvalue weighted by Crippen LogP contribution is 2.27. The molecule has 3 heterocycles. The highest BCUT2D eigenvalue weighted by Gasteiger charge is 2.24. The van der Waals surface area contributed by atoms with Gasteiger partial charge in [-0.3, -0.25) is 9.88 Å². The molecule has 6 nitrogen and oxygen atoms in total. The molecule has 2 aromatic heterocycles. The summed E-state index contributed by atoms with van der Waals surface area (Å²) in [6.07, 6.45) is 5.54.